The Morgan fingerprint density at radius 3 is 2.32 bits per heavy atom. The summed E-state index contributed by atoms with van der Waals surface area (Å²) in [6.45, 7) is 0.480. The number of halogens is 1. The third kappa shape index (κ3) is 4.30. The van der Waals surface area contributed by atoms with E-state index in [9.17, 15) is 4.79 Å². The summed E-state index contributed by atoms with van der Waals surface area (Å²) in [5.74, 6) is 0. The first kappa shape index (κ1) is 13.4. The van der Waals surface area contributed by atoms with Crippen LogP contribution in [-0.4, -0.2) is 6.03 Å². The van der Waals surface area contributed by atoms with Gasteiger partial charge in [-0.3, -0.25) is 0 Å². The van der Waals surface area contributed by atoms with Crippen LogP contribution >= 0.6 is 15.9 Å². The van der Waals surface area contributed by atoms with E-state index >= 15 is 0 Å². The molecule has 0 unspecified atom stereocenters. The summed E-state index contributed by atoms with van der Waals surface area (Å²) >= 11 is 3.37. The smallest absolute Gasteiger partial charge is 0.319 e. The Labute approximate surface area is 120 Å². The monoisotopic (exact) mass is 319 g/mol. The fourth-order valence-corrected chi connectivity index (χ4v) is 1.79. The third-order valence-electron chi connectivity index (χ3n) is 2.53. The first-order valence-electron chi connectivity index (χ1n) is 5.78. The number of nitrogen functional groups attached to an aromatic ring is 1. The summed E-state index contributed by atoms with van der Waals surface area (Å²) in [6.07, 6.45) is 0. The van der Waals surface area contributed by atoms with Gasteiger partial charge in [0.25, 0.3) is 0 Å². The van der Waals surface area contributed by atoms with Crippen LogP contribution < -0.4 is 16.4 Å². The number of rotatable bonds is 3. The van der Waals surface area contributed by atoms with Crippen molar-refractivity contribution >= 4 is 33.3 Å². The number of amides is 2. The van der Waals surface area contributed by atoms with Crippen LogP contribution in [0.4, 0.5) is 16.2 Å². The number of hydrogen-bond acceptors (Lipinski definition) is 2. The molecule has 0 spiro atoms. The van der Waals surface area contributed by atoms with Crippen molar-refractivity contribution in [1.82, 2.24) is 5.32 Å². The fraction of sp³-hybridized carbons (Fsp3) is 0.0714. The fourth-order valence-electron chi connectivity index (χ4n) is 1.53. The number of anilines is 2. The maximum Gasteiger partial charge on any atom is 0.319 e. The lowest BCUT2D eigenvalue weighted by atomic mass is 10.2. The highest BCUT2D eigenvalue weighted by Crippen LogP contribution is 2.11. The molecule has 0 radical (unpaired) electrons. The summed E-state index contributed by atoms with van der Waals surface area (Å²) in [7, 11) is 0. The summed E-state index contributed by atoms with van der Waals surface area (Å²) < 4.78 is 1.02. The zero-order chi connectivity index (χ0) is 13.7. The molecule has 5 heteroatoms. The molecule has 2 aromatic rings. The molecule has 19 heavy (non-hydrogen) atoms. The lowest BCUT2D eigenvalue weighted by Gasteiger charge is -2.08. The minimum Gasteiger partial charge on any atom is -0.399 e. The van der Waals surface area contributed by atoms with Crippen LogP contribution in [-0.2, 0) is 6.54 Å². The lowest BCUT2D eigenvalue weighted by molar-refractivity contribution is 0.251. The van der Waals surface area contributed by atoms with Gasteiger partial charge in [0, 0.05) is 22.4 Å². The van der Waals surface area contributed by atoms with Crippen molar-refractivity contribution in [2.24, 2.45) is 0 Å². The van der Waals surface area contributed by atoms with Crippen LogP contribution in [0.5, 0.6) is 0 Å². The molecule has 0 aliphatic rings. The van der Waals surface area contributed by atoms with Gasteiger partial charge in [-0.1, -0.05) is 28.1 Å². The molecule has 0 saturated carbocycles. The topological polar surface area (TPSA) is 67.1 Å². The molecule has 0 aromatic heterocycles. The first-order valence-corrected chi connectivity index (χ1v) is 6.57. The van der Waals surface area contributed by atoms with Gasteiger partial charge in [-0.25, -0.2) is 4.79 Å². The van der Waals surface area contributed by atoms with Gasteiger partial charge in [0.15, 0.2) is 0 Å². The highest BCUT2D eigenvalue weighted by Gasteiger charge is 2.01. The van der Waals surface area contributed by atoms with Gasteiger partial charge in [0.2, 0.25) is 0 Å². The molecule has 0 aliphatic carbocycles. The van der Waals surface area contributed by atoms with Crippen molar-refractivity contribution in [3.8, 4) is 0 Å². The normalized spacial score (nSPS) is 9.95. The van der Waals surface area contributed by atoms with Crippen LogP contribution in [0.2, 0.25) is 0 Å². The molecule has 0 heterocycles. The highest BCUT2D eigenvalue weighted by molar-refractivity contribution is 9.10. The maximum atomic E-state index is 11.7. The molecule has 4 nitrogen and oxygen atoms in total. The van der Waals surface area contributed by atoms with Gasteiger partial charge in [0.05, 0.1) is 0 Å². The number of urea groups is 1. The van der Waals surface area contributed by atoms with Crippen molar-refractivity contribution in [1.29, 1.82) is 0 Å². The highest BCUT2D eigenvalue weighted by atomic mass is 79.9. The Morgan fingerprint density at radius 1 is 1.05 bits per heavy atom. The van der Waals surface area contributed by atoms with E-state index in [0.717, 1.165) is 10.0 Å². The quantitative estimate of drug-likeness (QED) is 0.759. The number of carbonyl (C=O) groups is 1. The van der Waals surface area contributed by atoms with Crippen molar-refractivity contribution in [3.63, 3.8) is 0 Å². The van der Waals surface area contributed by atoms with E-state index in [0.29, 0.717) is 17.9 Å². The van der Waals surface area contributed by atoms with Gasteiger partial charge in [-0.05, 0) is 42.0 Å². The van der Waals surface area contributed by atoms with Crippen LogP contribution in [0.15, 0.2) is 53.0 Å². The van der Waals surface area contributed by atoms with Crippen molar-refractivity contribution in [2.75, 3.05) is 11.1 Å². The van der Waals surface area contributed by atoms with E-state index in [1.165, 1.54) is 0 Å². The van der Waals surface area contributed by atoms with E-state index in [-0.39, 0.29) is 6.03 Å². The SMILES string of the molecule is Nc1ccc(NC(=O)NCc2ccc(Br)cc2)cc1. The van der Waals surface area contributed by atoms with Gasteiger partial charge < -0.3 is 16.4 Å². The van der Waals surface area contributed by atoms with E-state index in [2.05, 4.69) is 26.6 Å². The Hall–Kier alpha value is -2.01. The Morgan fingerprint density at radius 2 is 1.68 bits per heavy atom. The summed E-state index contributed by atoms with van der Waals surface area (Å²) in [4.78, 5) is 11.7. The molecule has 0 saturated heterocycles. The van der Waals surface area contributed by atoms with Crippen molar-refractivity contribution in [2.45, 2.75) is 6.54 Å². The van der Waals surface area contributed by atoms with Gasteiger partial charge >= 0.3 is 6.03 Å². The molecule has 0 bridgehead atoms. The molecule has 4 N–H and O–H groups in total. The molecular formula is C14H14BrN3O. The van der Waals surface area contributed by atoms with E-state index in [1.807, 2.05) is 24.3 Å². The zero-order valence-electron chi connectivity index (χ0n) is 10.2. The van der Waals surface area contributed by atoms with Crippen LogP contribution in [0.3, 0.4) is 0 Å². The van der Waals surface area contributed by atoms with Gasteiger partial charge in [-0.2, -0.15) is 0 Å². The third-order valence-corrected chi connectivity index (χ3v) is 3.06. The predicted molar refractivity (Wildman–Crippen MR) is 80.9 cm³/mol. The predicted octanol–water partition coefficient (Wildman–Crippen LogP) is 3.35. The summed E-state index contributed by atoms with van der Waals surface area (Å²) in [5, 5.41) is 5.52. The van der Waals surface area contributed by atoms with Crippen LogP contribution in [0.25, 0.3) is 0 Å². The summed E-state index contributed by atoms with van der Waals surface area (Å²) in [6, 6.07) is 14.5. The first-order chi connectivity index (χ1) is 9.13. The molecular weight excluding hydrogens is 306 g/mol. The molecule has 2 aromatic carbocycles. The average molecular weight is 320 g/mol. The number of hydrogen-bond donors (Lipinski definition) is 3. The molecule has 98 valence electrons. The summed E-state index contributed by atoms with van der Waals surface area (Å²) in [5.41, 5.74) is 7.99. The van der Waals surface area contributed by atoms with Crippen molar-refractivity contribution < 1.29 is 4.79 Å². The second kappa shape index (κ2) is 6.24. The maximum absolute atomic E-state index is 11.7. The van der Waals surface area contributed by atoms with Crippen molar-refractivity contribution in [3.05, 3.63) is 58.6 Å². The average Bonchev–Trinajstić information content (AvgIpc) is 2.41. The second-order valence-electron chi connectivity index (χ2n) is 4.06. The van der Waals surface area contributed by atoms with Gasteiger partial charge in [0.1, 0.15) is 0 Å². The number of carbonyl (C=O) groups excluding carboxylic acids is 1. The Bertz CT molecular complexity index is 552. The van der Waals surface area contributed by atoms with Gasteiger partial charge in [-0.15, -0.1) is 0 Å². The number of benzene rings is 2. The Kier molecular flexibility index (Phi) is 4.41. The molecule has 0 aliphatic heterocycles. The molecule has 0 atom stereocenters. The van der Waals surface area contributed by atoms with E-state index < -0.39 is 0 Å². The standard InChI is InChI=1S/C14H14BrN3O/c15-11-3-1-10(2-4-11)9-17-14(19)18-13-7-5-12(16)6-8-13/h1-8H,9,16H2,(H2,17,18,19). The van der Waals surface area contributed by atoms with Crippen LogP contribution in [0, 0.1) is 0 Å². The lowest BCUT2D eigenvalue weighted by Crippen LogP contribution is -2.28. The second-order valence-corrected chi connectivity index (χ2v) is 4.97. The minimum atomic E-state index is -0.243. The minimum absolute atomic E-state index is 0.243. The Balaban J connectivity index is 1.84. The molecule has 2 amide bonds. The zero-order valence-corrected chi connectivity index (χ0v) is 11.8. The largest absolute Gasteiger partial charge is 0.399 e. The van der Waals surface area contributed by atoms with Crippen LogP contribution in [0.1, 0.15) is 5.56 Å². The van der Waals surface area contributed by atoms with E-state index in [1.54, 1.807) is 24.3 Å². The number of nitrogens with two attached hydrogens (primary N) is 1. The number of nitrogens with one attached hydrogen (secondary N) is 2. The molecule has 2 rings (SSSR count). The van der Waals surface area contributed by atoms with E-state index in [4.69, 9.17) is 5.73 Å². The molecule has 0 fully saturated rings.